The van der Waals surface area contributed by atoms with Crippen LogP contribution >= 0.6 is 0 Å². The van der Waals surface area contributed by atoms with Crippen LogP contribution in [-0.2, 0) is 18.3 Å². The first kappa shape index (κ1) is 17.2. The minimum atomic E-state index is 0.332. The molecule has 140 valence electrons. The number of aryl methyl sites for hydroxylation is 2. The summed E-state index contributed by atoms with van der Waals surface area (Å²) < 4.78 is 1.80. The number of hydrogen-bond acceptors (Lipinski definition) is 5. The summed E-state index contributed by atoms with van der Waals surface area (Å²) in [5.74, 6) is 2.45. The van der Waals surface area contributed by atoms with Crippen LogP contribution in [0.15, 0.2) is 6.20 Å². The van der Waals surface area contributed by atoms with Gasteiger partial charge in [0.2, 0.25) is 5.91 Å². The third-order valence-electron chi connectivity index (χ3n) is 5.83. The summed E-state index contributed by atoms with van der Waals surface area (Å²) in [5.41, 5.74) is 0.869. The van der Waals surface area contributed by atoms with Crippen LogP contribution in [0.5, 0.6) is 0 Å². The Morgan fingerprint density at radius 3 is 2.77 bits per heavy atom. The highest BCUT2D eigenvalue weighted by Gasteiger charge is 2.36. The molecular weight excluding hydrogens is 328 g/mol. The predicted molar refractivity (Wildman–Crippen MR) is 101 cm³/mol. The molecule has 1 aliphatic heterocycles. The Kier molecular flexibility index (Phi) is 4.54. The maximum Gasteiger partial charge on any atom is 0.223 e. The van der Waals surface area contributed by atoms with E-state index >= 15 is 0 Å². The Labute approximate surface area is 154 Å². The molecule has 0 spiro atoms. The molecule has 2 aromatic heterocycles. The molecule has 1 saturated heterocycles. The van der Waals surface area contributed by atoms with E-state index < -0.39 is 0 Å². The van der Waals surface area contributed by atoms with Crippen LogP contribution in [0.1, 0.15) is 44.9 Å². The van der Waals surface area contributed by atoms with Crippen molar-refractivity contribution in [2.24, 2.45) is 13.0 Å². The maximum absolute atomic E-state index is 12.5. The second-order valence-corrected chi connectivity index (χ2v) is 7.76. The lowest BCUT2D eigenvalue weighted by atomic mass is 10.1. The van der Waals surface area contributed by atoms with Crippen molar-refractivity contribution in [3.63, 3.8) is 0 Å². The van der Waals surface area contributed by atoms with Crippen LogP contribution in [0, 0.1) is 5.92 Å². The molecule has 0 radical (unpaired) electrons. The first-order valence-corrected chi connectivity index (χ1v) is 9.76. The largest absolute Gasteiger partial charge is 0.359 e. The number of likely N-dealkylation sites (tertiary alicyclic amines) is 1. The number of carbonyl (C=O) groups excluding carboxylic acids is 1. The third kappa shape index (κ3) is 3.04. The van der Waals surface area contributed by atoms with E-state index in [4.69, 9.17) is 4.98 Å². The molecule has 0 N–H and O–H groups in total. The molecular formula is C19H28N6O. The van der Waals surface area contributed by atoms with Gasteiger partial charge in [-0.2, -0.15) is 5.10 Å². The molecule has 1 amide bonds. The standard InChI is InChI=1S/C19H28N6O/c1-4-16-21-18(15-10-20-24(3)19(15)22-16)23(2)11-13-9-17(26)25(12-13)14-7-5-6-8-14/h10,13-14H,4-9,11-12H2,1-3H3. The van der Waals surface area contributed by atoms with Crippen LogP contribution in [0.4, 0.5) is 5.82 Å². The van der Waals surface area contributed by atoms with Crippen molar-refractivity contribution in [2.75, 3.05) is 25.0 Å². The molecule has 1 saturated carbocycles. The molecule has 0 bridgehead atoms. The SMILES string of the molecule is CCc1nc(N(C)CC2CC(=O)N(C3CCCC3)C2)c2cnn(C)c2n1. The Hall–Kier alpha value is -2.18. The van der Waals surface area contributed by atoms with Crippen LogP contribution in [0.3, 0.4) is 0 Å². The van der Waals surface area contributed by atoms with Gasteiger partial charge in [-0.3, -0.25) is 9.48 Å². The van der Waals surface area contributed by atoms with Crippen molar-refractivity contribution >= 4 is 22.8 Å². The van der Waals surface area contributed by atoms with Gasteiger partial charge in [-0.1, -0.05) is 19.8 Å². The number of hydrogen-bond donors (Lipinski definition) is 0. The summed E-state index contributed by atoms with van der Waals surface area (Å²) >= 11 is 0. The zero-order valence-corrected chi connectivity index (χ0v) is 16.0. The van der Waals surface area contributed by atoms with Gasteiger partial charge in [-0.15, -0.1) is 0 Å². The number of fused-ring (bicyclic) bond motifs is 1. The summed E-state index contributed by atoms with van der Waals surface area (Å²) in [6.07, 6.45) is 8.16. The highest BCUT2D eigenvalue weighted by molar-refractivity contribution is 5.87. The Morgan fingerprint density at radius 2 is 2.04 bits per heavy atom. The molecule has 0 aromatic carbocycles. The van der Waals surface area contributed by atoms with Gasteiger partial charge in [0.05, 0.1) is 11.6 Å². The Morgan fingerprint density at radius 1 is 1.27 bits per heavy atom. The topological polar surface area (TPSA) is 67.2 Å². The van der Waals surface area contributed by atoms with Crippen LogP contribution in [0.2, 0.25) is 0 Å². The van der Waals surface area contributed by atoms with Crippen molar-refractivity contribution in [3.05, 3.63) is 12.0 Å². The second kappa shape index (κ2) is 6.85. The average Bonchev–Trinajstić information content (AvgIpc) is 3.35. The molecule has 3 heterocycles. The molecule has 1 aliphatic carbocycles. The minimum absolute atomic E-state index is 0.332. The number of amides is 1. The molecule has 4 rings (SSSR count). The van der Waals surface area contributed by atoms with E-state index in [1.54, 1.807) is 4.68 Å². The maximum atomic E-state index is 12.5. The van der Waals surface area contributed by atoms with Gasteiger partial charge in [0.15, 0.2) is 5.65 Å². The highest BCUT2D eigenvalue weighted by atomic mass is 16.2. The summed E-state index contributed by atoms with van der Waals surface area (Å²) in [7, 11) is 3.98. The van der Waals surface area contributed by atoms with Gasteiger partial charge in [0.25, 0.3) is 0 Å². The lowest BCUT2D eigenvalue weighted by Gasteiger charge is -2.26. The average molecular weight is 356 g/mol. The van der Waals surface area contributed by atoms with Gasteiger partial charge >= 0.3 is 0 Å². The first-order chi connectivity index (χ1) is 12.6. The highest BCUT2D eigenvalue weighted by Crippen LogP contribution is 2.31. The van der Waals surface area contributed by atoms with Crippen LogP contribution in [-0.4, -0.2) is 56.7 Å². The lowest BCUT2D eigenvalue weighted by Crippen LogP contribution is -2.35. The van der Waals surface area contributed by atoms with Crippen LogP contribution < -0.4 is 4.90 Å². The third-order valence-corrected chi connectivity index (χ3v) is 5.83. The summed E-state index contributed by atoms with van der Waals surface area (Å²) in [6, 6.07) is 0.480. The summed E-state index contributed by atoms with van der Waals surface area (Å²) in [4.78, 5) is 26.2. The number of rotatable bonds is 5. The molecule has 2 aromatic rings. The first-order valence-electron chi connectivity index (χ1n) is 9.76. The van der Waals surface area contributed by atoms with E-state index in [1.807, 2.05) is 13.2 Å². The zero-order chi connectivity index (χ0) is 18.3. The van der Waals surface area contributed by atoms with Crippen LogP contribution in [0.25, 0.3) is 11.0 Å². The monoisotopic (exact) mass is 356 g/mol. The van der Waals surface area contributed by atoms with Crippen molar-refractivity contribution in [2.45, 2.75) is 51.5 Å². The zero-order valence-electron chi connectivity index (χ0n) is 16.0. The lowest BCUT2D eigenvalue weighted by molar-refractivity contribution is -0.129. The van der Waals surface area contributed by atoms with E-state index in [0.717, 1.165) is 42.2 Å². The molecule has 1 atom stereocenters. The van der Waals surface area contributed by atoms with E-state index in [1.165, 1.54) is 25.7 Å². The molecule has 7 heteroatoms. The van der Waals surface area contributed by atoms with Gasteiger partial charge in [0.1, 0.15) is 11.6 Å². The second-order valence-electron chi connectivity index (χ2n) is 7.76. The minimum Gasteiger partial charge on any atom is -0.359 e. The van der Waals surface area contributed by atoms with Gasteiger partial charge in [-0.25, -0.2) is 9.97 Å². The van der Waals surface area contributed by atoms with Gasteiger partial charge in [0, 0.05) is 52.0 Å². The van der Waals surface area contributed by atoms with Crippen molar-refractivity contribution in [1.29, 1.82) is 0 Å². The molecule has 1 unspecified atom stereocenters. The summed E-state index contributed by atoms with van der Waals surface area (Å²) in [6.45, 7) is 3.78. The predicted octanol–water partition coefficient (Wildman–Crippen LogP) is 2.15. The summed E-state index contributed by atoms with van der Waals surface area (Å²) in [5, 5.41) is 5.32. The van der Waals surface area contributed by atoms with Crippen molar-refractivity contribution in [3.8, 4) is 0 Å². The number of carbonyl (C=O) groups is 1. The normalized spacial score (nSPS) is 21.3. The van der Waals surface area contributed by atoms with E-state index in [-0.39, 0.29) is 0 Å². The number of anilines is 1. The molecule has 26 heavy (non-hydrogen) atoms. The van der Waals surface area contributed by atoms with E-state index in [9.17, 15) is 4.79 Å². The quantitative estimate of drug-likeness (QED) is 0.821. The molecule has 7 nitrogen and oxygen atoms in total. The fourth-order valence-corrected chi connectivity index (χ4v) is 4.47. The Balaban J connectivity index is 1.52. The molecule has 2 aliphatic rings. The fraction of sp³-hybridized carbons (Fsp3) is 0.684. The van der Waals surface area contributed by atoms with Gasteiger partial charge < -0.3 is 9.80 Å². The van der Waals surface area contributed by atoms with Crippen molar-refractivity contribution < 1.29 is 4.79 Å². The fourth-order valence-electron chi connectivity index (χ4n) is 4.47. The smallest absolute Gasteiger partial charge is 0.223 e. The molecule has 2 fully saturated rings. The van der Waals surface area contributed by atoms with E-state index in [0.29, 0.717) is 24.3 Å². The Bertz CT molecular complexity index is 810. The number of nitrogens with zero attached hydrogens (tertiary/aromatic N) is 6. The van der Waals surface area contributed by atoms with E-state index in [2.05, 4.69) is 33.9 Å². The van der Waals surface area contributed by atoms with Gasteiger partial charge in [-0.05, 0) is 12.8 Å². The number of aromatic nitrogens is 4. The van der Waals surface area contributed by atoms with Crippen molar-refractivity contribution in [1.82, 2.24) is 24.6 Å².